The van der Waals surface area contributed by atoms with Crippen LogP contribution in [-0.4, -0.2) is 29.1 Å². The second kappa shape index (κ2) is 6.19. The monoisotopic (exact) mass is 284 g/mol. The highest BCUT2D eigenvalue weighted by molar-refractivity contribution is 6.31. The zero-order chi connectivity index (χ0) is 14.6. The zero-order valence-corrected chi connectivity index (χ0v) is 11.1. The van der Waals surface area contributed by atoms with Crippen LogP contribution in [0.5, 0.6) is 0 Å². The number of hydrogen-bond acceptors (Lipinski definition) is 4. The fourth-order valence-electron chi connectivity index (χ4n) is 1.76. The van der Waals surface area contributed by atoms with Gasteiger partial charge in [-0.1, -0.05) is 17.7 Å². The van der Waals surface area contributed by atoms with Crippen LogP contribution in [0.25, 0.3) is 0 Å². The van der Waals surface area contributed by atoms with Crippen molar-refractivity contribution in [3.63, 3.8) is 0 Å². The van der Waals surface area contributed by atoms with Gasteiger partial charge in [-0.25, -0.2) is 0 Å². The molecule has 0 heterocycles. The number of carbonyl (C=O) groups is 1. The summed E-state index contributed by atoms with van der Waals surface area (Å²) in [5.74, 6) is -1.09. The van der Waals surface area contributed by atoms with Gasteiger partial charge in [0.05, 0.1) is 4.92 Å². The van der Waals surface area contributed by atoms with Crippen molar-refractivity contribution in [2.24, 2.45) is 0 Å². The number of rotatable bonds is 6. The van der Waals surface area contributed by atoms with E-state index in [9.17, 15) is 14.9 Å². The number of nitro benzene ring substituents is 1. The normalized spacial score (nSPS) is 10.0. The van der Waals surface area contributed by atoms with Crippen LogP contribution < -0.4 is 4.90 Å². The Morgan fingerprint density at radius 1 is 1.63 bits per heavy atom. The van der Waals surface area contributed by atoms with Crippen LogP contribution in [0, 0.1) is 17.0 Å². The molecule has 0 aliphatic rings. The minimum Gasteiger partial charge on any atom is -0.480 e. The first-order valence-electron chi connectivity index (χ1n) is 5.39. The van der Waals surface area contributed by atoms with E-state index in [2.05, 4.69) is 6.58 Å². The van der Waals surface area contributed by atoms with Crippen molar-refractivity contribution in [1.82, 2.24) is 0 Å². The first kappa shape index (κ1) is 15.0. The number of carboxylic acids is 1. The molecule has 102 valence electrons. The van der Waals surface area contributed by atoms with E-state index in [1.165, 1.54) is 23.1 Å². The smallest absolute Gasteiger partial charge is 0.323 e. The standard InChI is InChI=1S/C12H13ClN2O4/c1-3-6-14(7-11(16)17)12-8(2)9(13)4-5-10(12)15(18)19/h3-5H,1,6-7H2,2H3,(H,16,17). The SMILES string of the molecule is C=CCN(CC(=O)O)c1c([N+](=O)[O-])ccc(Cl)c1C. The van der Waals surface area contributed by atoms with Gasteiger partial charge in [-0.3, -0.25) is 14.9 Å². The summed E-state index contributed by atoms with van der Waals surface area (Å²) in [6.07, 6.45) is 1.48. The fraction of sp³-hybridized carbons (Fsp3) is 0.250. The van der Waals surface area contributed by atoms with Gasteiger partial charge in [-0.2, -0.15) is 0 Å². The molecule has 0 aliphatic carbocycles. The van der Waals surface area contributed by atoms with E-state index in [-0.39, 0.29) is 24.5 Å². The van der Waals surface area contributed by atoms with Crippen LogP contribution in [0.4, 0.5) is 11.4 Å². The van der Waals surface area contributed by atoms with E-state index in [1.54, 1.807) is 6.92 Å². The third-order valence-electron chi connectivity index (χ3n) is 2.53. The number of nitrogens with zero attached hydrogens (tertiary/aromatic N) is 2. The second-order valence-corrected chi connectivity index (χ2v) is 4.27. The van der Waals surface area contributed by atoms with E-state index in [0.29, 0.717) is 10.6 Å². The molecule has 19 heavy (non-hydrogen) atoms. The van der Waals surface area contributed by atoms with Crippen LogP contribution in [-0.2, 0) is 4.79 Å². The first-order chi connectivity index (χ1) is 8.88. The number of nitro groups is 1. The van der Waals surface area contributed by atoms with E-state index >= 15 is 0 Å². The van der Waals surface area contributed by atoms with Gasteiger partial charge < -0.3 is 10.0 Å². The van der Waals surface area contributed by atoms with Crippen molar-refractivity contribution in [3.05, 3.63) is 45.5 Å². The van der Waals surface area contributed by atoms with Gasteiger partial charge in [0.15, 0.2) is 0 Å². The van der Waals surface area contributed by atoms with E-state index in [0.717, 1.165) is 0 Å². The minimum atomic E-state index is -1.09. The lowest BCUT2D eigenvalue weighted by Gasteiger charge is -2.23. The molecular formula is C12H13ClN2O4. The summed E-state index contributed by atoms with van der Waals surface area (Å²) in [5.41, 5.74) is 0.503. The van der Waals surface area contributed by atoms with Crippen molar-refractivity contribution in [1.29, 1.82) is 0 Å². The average Bonchev–Trinajstić information content (AvgIpc) is 2.31. The molecule has 0 amide bonds. The Labute approximate surface area is 115 Å². The highest BCUT2D eigenvalue weighted by Crippen LogP contribution is 2.35. The quantitative estimate of drug-likeness (QED) is 0.493. The molecule has 0 atom stereocenters. The zero-order valence-electron chi connectivity index (χ0n) is 10.3. The molecule has 0 aromatic heterocycles. The Kier molecular flexibility index (Phi) is 4.88. The lowest BCUT2D eigenvalue weighted by molar-refractivity contribution is -0.384. The largest absolute Gasteiger partial charge is 0.480 e. The van der Waals surface area contributed by atoms with Crippen molar-refractivity contribution < 1.29 is 14.8 Å². The molecule has 1 aromatic rings. The lowest BCUT2D eigenvalue weighted by Crippen LogP contribution is -2.31. The molecule has 0 saturated heterocycles. The lowest BCUT2D eigenvalue weighted by atomic mass is 10.1. The number of carboxylic acid groups (broad SMARTS) is 1. The molecule has 1 N–H and O–H groups in total. The van der Waals surface area contributed by atoms with Crippen molar-refractivity contribution in [2.45, 2.75) is 6.92 Å². The predicted octanol–water partition coefficient (Wildman–Crippen LogP) is 2.63. The highest BCUT2D eigenvalue weighted by Gasteiger charge is 2.24. The van der Waals surface area contributed by atoms with Gasteiger partial charge in [-0.05, 0) is 18.6 Å². The Balaban J connectivity index is 3.41. The summed E-state index contributed by atoms with van der Waals surface area (Å²) in [7, 11) is 0. The van der Waals surface area contributed by atoms with Gasteiger partial charge in [-0.15, -0.1) is 6.58 Å². The van der Waals surface area contributed by atoms with Gasteiger partial charge >= 0.3 is 5.97 Å². The Morgan fingerprint density at radius 3 is 2.74 bits per heavy atom. The molecule has 0 saturated carbocycles. The van der Waals surface area contributed by atoms with Crippen molar-refractivity contribution in [3.8, 4) is 0 Å². The third kappa shape index (κ3) is 3.45. The molecule has 0 unspecified atom stereocenters. The topological polar surface area (TPSA) is 83.7 Å². The fourth-order valence-corrected chi connectivity index (χ4v) is 1.91. The maximum absolute atomic E-state index is 11.0. The summed E-state index contributed by atoms with van der Waals surface area (Å²) in [6, 6.07) is 2.69. The first-order valence-corrected chi connectivity index (χ1v) is 5.77. The highest BCUT2D eigenvalue weighted by atomic mass is 35.5. The van der Waals surface area contributed by atoms with Gasteiger partial charge in [0.2, 0.25) is 0 Å². The van der Waals surface area contributed by atoms with Gasteiger partial charge in [0.1, 0.15) is 12.2 Å². The molecule has 0 aliphatic heterocycles. The summed E-state index contributed by atoms with van der Waals surface area (Å²) in [4.78, 5) is 22.7. The molecule has 0 radical (unpaired) electrons. The average molecular weight is 285 g/mol. The van der Waals surface area contributed by atoms with Crippen LogP contribution in [0.15, 0.2) is 24.8 Å². The van der Waals surface area contributed by atoms with Crippen LogP contribution >= 0.6 is 11.6 Å². The summed E-state index contributed by atoms with van der Waals surface area (Å²) in [5, 5.41) is 20.3. The third-order valence-corrected chi connectivity index (χ3v) is 2.94. The summed E-state index contributed by atoms with van der Waals surface area (Å²) >= 11 is 5.95. The number of aliphatic carboxylic acids is 1. The van der Waals surface area contributed by atoms with Gasteiger partial charge in [0, 0.05) is 17.6 Å². The van der Waals surface area contributed by atoms with Gasteiger partial charge in [0.25, 0.3) is 5.69 Å². The molecular weight excluding hydrogens is 272 g/mol. The Morgan fingerprint density at radius 2 is 2.26 bits per heavy atom. The van der Waals surface area contributed by atoms with Crippen LogP contribution in [0.2, 0.25) is 5.02 Å². The van der Waals surface area contributed by atoms with Crippen molar-refractivity contribution >= 4 is 28.9 Å². The van der Waals surface area contributed by atoms with E-state index < -0.39 is 10.9 Å². The summed E-state index contributed by atoms with van der Waals surface area (Å²) in [6.45, 7) is 4.94. The maximum Gasteiger partial charge on any atom is 0.323 e. The predicted molar refractivity (Wildman–Crippen MR) is 72.9 cm³/mol. The number of benzene rings is 1. The molecule has 0 spiro atoms. The van der Waals surface area contributed by atoms with Crippen LogP contribution in [0.1, 0.15) is 5.56 Å². The molecule has 0 fully saturated rings. The number of halogens is 1. The molecule has 7 heteroatoms. The molecule has 1 aromatic carbocycles. The Bertz CT molecular complexity index is 531. The minimum absolute atomic E-state index is 0.175. The second-order valence-electron chi connectivity index (χ2n) is 3.86. The van der Waals surface area contributed by atoms with Crippen LogP contribution in [0.3, 0.4) is 0 Å². The molecule has 0 bridgehead atoms. The van der Waals surface area contributed by atoms with Crippen molar-refractivity contribution in [2.75, 3.05) is 18.0 Å². The van der Waals surface area contributed by atoms with E-state index in [1.807, 2.05) is 0 Å². The maximum atomic E-state index is 11.0. The Hall–Kier alpha value is -2.08. The molecule has 6 nitrogen and oxygen atoms in total. The summed E-state index contributed by atoms with van der Waals surface area (Å²) < 4.78 is 0. The number of anilines is 1. The molecule has 1 rings (SSSR count). The number of hydrogen-bond donors (Lipinski definition) is 1. The van der Waals surface area contributed by atoms with E-state index in [4.69, 9.17) is 16.7 Å².